The van der Waals surface area contributed by atoms with E-state index < -0.39 is 0 Å². The van der Waals surface area contributed by atoms with Gasteiger partial charge in [0, 0.05) is 18.5 Å². The van der Waals surface area contributed by atoms with Crippen molar-refractivity contribution in [2.45, 2.75) is 12.8 Å². The Morgan fingerprint density at radius 1 is 1.27 bits per heavy atom. The largest absolute Gasteiger partial charge is 0.309 e. The van der Waals surface area contributed by atoms with E-state index in [-0.39, 0.29) is 5.78 Å². The van der Waals surface area contributed by atoms with E-state index in [0.717, 1.165) is 32.8 Å². The summed E-state index contributed by atoms with van der Waals surface area (Å²) in [6, 6.07) is 10.3. The molecule has 1 aromatic carbocycles. The topological polar surface area (TPSA) is 20.3 Å². The standard InChI is InChI=1S/C18H18BrNOS/c1-20(2)9-5-8-14-13-7-4-3-6-12(13)10-16(21)18-15(14)11-17(19)22-18/h3-4,6-8,11H,5,9-10H2,1-2H3. The molecule has 0 radical (unpaired) electrons. The lowest BCUT2D eigenvalue weighted by Gasteiger charge is -2.11. The third-order valence-corrected chi connectivity index (χ3v) is 5.51. The Morgan fingerprint density at radius 2 is 2.05 bits per heavy atom. The number of ketones is 1. The maximum absolute atomic E-state index is 12.6. The predicted octanol–water partition coefficient (Wildman–Crippen LogP) is 4.63. The quantitative estimate of drug-likeness (QED) is 0.778. The van der Waals surface area contributed by atoms with E-state index in [2.05, 4.69) is 65.3 Å². The summed E-state index contributed by atoms with van der Waals surface area (Å²) >= 11 is 5.08. The van der Waals surface area contributed by atoms with E-state index in [9.17, 15) is 4.79 Å². The number of thiophene rings is 1. The van der Waals surface area contributed by atoms with E-state index in [1.807, 2.05) is 6.07 Å². The fourth-order valence-electron chi connectivity index (χ4n) is 2.79. The zero-order valence-corrected chi connectivity index (χ0v) is 15.1. The molecular formula is C18H18BrNOS. The second kappa shape index (κ2) is 6.49. The highest BCUT2D eigenvalue weighted by Crippen LogP contribution is 2.39. The molecule has 0 N–H and O–H groups in total. The van der Waals surface area contributed by atoms with Gasteiger partial charge in [-0.3, -0.25) is 4.79 Å². The maximum Gasteiger partial charge on any atom is 0.177 e. The minimum atomic E-state index is 0.217. The van der Waals surface area contributed by atoms with Crippen molar-refractivity contribution in [1.82, 2.24) is 4.90 Å². The molecule has 3 rings (SSSR count). The number of Topliss-reactive ketones (excluding diaryl/α,β-unsaturated/α-hetero) is 1. The summed E-state index contributed by atoms with van der Waals surface area (Å²) in [4.78, 5) is 15.6. The van der Waals surface area contributed by atoms with Crippen molar-refractivity contribution in [2.24, 2.45) is 0 Å². The van der Waals surface area contributed by atoms with E-state index in [1.165, 1.54) is 11.1 Å². The summed E-state index contributed by atoms with van der Waals surface area (Å²) in [5.41, 5.74) is 4.59. The second-order valence-electron chi connectivity index (χ2n) is 5.76. The molecule has 22 heavy (non-hydrogen) atoms. The summed E-state index contributed by atoms with van der Waals surface area (Å²) in [6.07, 6.45) is 3.73. The summed E-state index contributed by atoms with van der Waals surface area (Å²) in [5.74, 6) is 0.217. The van der Waals surface area contributed by atoms with Gasteiger partial charge in [0.15, 0.2) is 5.78 Å². The second-order valence-corrected chi connectivity index (χ2v) is 8.19. The van der Waals surface area contributed by atoms with Crippen LogP contribution in [0.5, 0.6) is 0 Å². The molecule has 0 saturated carbocycles. The molecule has 1 heterocycles. The molecule has 0 amide bonds. The minimum Gasteiger partial charge on any atom is -0.309 e. The highest BCUT2D eigenvalue weighted by atomic mass is 79.9. The zero-order valence-electron chi connectivity index (χ0n) is 12.7. The van der Waals surface area contributed by atoms with Crippen LogP contribution in [0.1, 0.15) is 32.8 Å². The molecule has 0 unspecified atom stereocenters. The van der Waals surface area contributed by atoms with Gasteiger partial charge in [0.2, 0.25) is 0 Å². The first kappa shape index (κ1) is 15.7. The predicted molar refractivity (Wildman–Crippen MR) is 96.7 cm³/mol. The van der Waals surface area contributed by atoms with Gasteiger partial charge >= 0.3 is 0 Å². The Kier molecular flexibility index (Phi) is 4.62. The van der Waals surface area contributed by atoms with Crippen molar-refractivity contribution in [1.29, 1.82) is 0 Å². The average molecular weight is 376 g/mol. The van der Waals surface area contributed by atoms with Crippen LogP contribution < -0.4 is 0 Å². The lowest BCUT2D eigenvalue weighted by molar-refractivity contribution is 0.0997. The highest BCUT2D eigenvalue weighted by molar-refractivity contribution is 9.11. The molecule has 0 atom stereocenters. The molecule has 0 bridgehead atoms. The SMILES string of the molecule is CN(C)CCC=C1c2ccccc2CC(=O)c2sc(Br)cc21. The number of hydrogen-bond acceptors (Lipinski definition) is 3. The minimum absolute atomic E-state index is 0.217. The average Bonchev–Trinajstić information content (AvgIpc) is 2.82. The number of hydrogen-bond donors (Lipinski definition) is 0. The number of nitrogens with zero attached hydrogens (tertiary/aromatic N) is 1. The van der Waals surface area contributed by atoms with Crippen LogP contribution in [0.2, 0.25) is 0 Å². The van der Waals surface area contributed by atoms with Gasteiger partial charge in [0.25, 0.3) is 0 Å². The van der Waals surface area contributed by atoms with E-state index >= 15 is 0 Å². The van der Waals surface area contributed by atoms with Crippen LogP contribution in [0.25, 0.3) is 5.57 Å². The molecule has 0 aliphatic heterocycles. The molecule has 0 fully saturated rings. The van der Waals surface area contributed by atoms with Crippen molar-refractivity contribution in [3.05, 3.63) is 61.8 Å². The third-order valence-electron chi connectivity index (χ3n) is 3.83. The molecule has 2 nitrogen and oxygen atoms in total. The van der Waals surface area contributed by atoms with Crippen molar-refractivity contribution < 1.29 is 4.79 Å². The third kappa shape index (κ3) is 3.09. The van der Waals surface area contributed by atoms with Crippen LogP contribution in [0.3, 0.4) is 0 Å². The van der Waals surface area contributed by atoms with Crippen molar-refractivity contribution in [3.63, 3.8) is 0 Å². The van der Waals surface area contributed by atoms with Crippen molar-refractivity contribution in [2.75, 3.05) is 20.6 Å². The van der Waals surface area contributed by atoms with Gasteiger partial charge in [-0.1, -0.05) is 30.3 Å². The van der Waals surface area contributed by atoms with Crippen molar-refractivity contribution in [3.8, 4) is 0 Å². The molecule has 4 heteroatoms. The van der Waals surface area contributed by atoms with E-state index in [0.29, 0.717) is 6.42 Å². The van der Waals surface area contributed by atoms with Gasteiger partial charge in [0.1, 0.15) is 0 Å². The maximum atomic E-state index is 12.6. The van der Waals surface area contributed by atoms with Crippen LogP contribution in [0.15, 0.2) is 40.2 Å². The summed E-state index contributed by atoms with van der Waals surface area (Å²) in [5, 5.41) is 0. The lowest BCUT2D eigenvalue weighted by atomic mass is 9.95. The first-order valence-electron chi connectivity index (χ1n) is 7.32. The fraction of sp³-hybridized carbons (Fsp3) is 0.278. The smallest absolute Gasteiger partial charge is 0.177 e. The Labute approximate surface area is 143 Å². The van der Waals surface area contributed by atoms with Gasteiger partial charge in [-0.25, -0.2) is 0 Å². The molecule has 0 spiro atoms. The van der Waals surface area contributed by atoms with Crippen LogP contribution in [-0.4, -0.2) is 31.3 Å². The van der Waals surface area contributed by atoms with Gasteiger partial charge in [-0.15, -0.1) is 11.3 Å². The highest BCUT2D eigenvalue weighted by Gasteiger charge is 2.25. The van der Waals surface area contributed by atoms with Gasteiger partial charge in [0.05, 0.1) is 8.66 Å². The Hall–Kier alpha value is -1.23. The molecule has 0 saturated heterocycles. The zero-order chi connectivity index (χ0) is 15.7. The first-order valence-corrected chi connectivity index (χ1v) is 8.93. The molecular weight excluding hydrogens is 358 g/mol. The number of benzene rings is 1. The summed E-state index contributed by atoms with van der Waals surface area (Å²) in [7, 11) is 4.16. The molecule has 114 valence electrons. The first-order chi connectivity index (χ1) is 10.6. The normalized spacial score (nSPS) is 15.8. The van der Waals surface area contributed by atoms with Crippen LogP contribution in [0, 0.1) is 0 Å². The Balaban J connectivity index is 2.13. The number of carbonyl (C=O) groups excluding carboxylic acids is 1. The van der Waals surface area contributed by atoms with Gasteiger partial charge < -0.3 is 4.90 Å². The molecule has 2 aromatic rings. The summed E-state index contributed by atoms with van der Waals surface area (Å²) in [6.45, 7) is 1.00. The lowest BCUT2D eigenvalue weighted by Crippen LogP contribution is -2.12. The Bertz CT molecular complexity index is 745. The van der Waals surface area contributed by atoms with Crippen molar-refractivity contribution >= 4 is 38.6 Å². The van der Waals surface area contributed by atoms with Crippen LogP contribution >= 0.6 is 27.3 Å². The number of carbonyl (C=O) groups is 1. The monoisotopic (exact) mass is 375 g/mol. The summed E-state index contributed by atoms with van der Waals surface area (Å²) < 4.78 is 1.02. The number of halogens is 1. The number of fused-ring (bicyclic) bond motifs is 2. The van der Waals surface area contributed by atoms with Gasteiger partial charge in [-0.2, -0.15) is 0 Å². The Morgan fingerprint density at radius 3 is 2.82 bits per heavy atom. The molecule has 1 aliphatic carbocycles. The molecule has 1 aromatic heterocycles. The number of rotatable bonds is 3. The van der Waals surface area contributed by atoms with Gasteiger partial charge in [-0.05, 0) is 59.2 Å². The van der Waals surface area contributed by atoms with Crippen LogP contribution in [-0.2, 0) is 6.42 Å². The van der Waals surface area contributed by atoms with Crippen LogP contribution in [0.4, 0.5) is 0 Å². The fourth-order valence-corrected chi connectivity index (χ4v) is 4.34. The van der Waals surface area contributed by atoms with E-state index in [4.69, 9.17) is 0 Å². The molecule has 1 aliphatic rings. The van der Waals surface area contributed by atoms with E-state index in [1.54, 1.807) is 11.3 Å².